The fourth-order valence-corrected chi connectivity index (χ4v) is 1.79. The van der Waals surface area contributed by atoms with Crippen molar-refractivity contribution in [3.8, 4) is 0 Å². The molecule has 19 heavy (non-hydrogen) atoms. The summed E-state index contributed by atoms with van der Waals surface area (Å²) in [6.07, 6.45) is 0.470. The van der Waals surface area contributed by atoms with Crippen molar-refractivity contribution in [2.24, 2.45) is 0 Å². The summed E-state index contributed by atoms with van der Waals surface area (Å²) in [6.45, 7) is 4.13. The second-order valence-electron chi connectivity index (χ2n) is 4.32. The van der Waals surface area contributed by atoms with Crippen molar-refractivity contribution in [3.05, 3.63) is 22.8 Å². The van der Waals surface area contributed by atoms with Crippen LogP contribution in [0.2, 0.25) is 5.02 Å². The minimum Gasteiger partial charge on any atom is -0.370 e. The molecule has 1 aromatic rings. The number of nitrogens with zero attached hydrogens (tertiary/aromatic N) is 2. The van der Waals surface area contributed by atoms with E-state index in [1.807, 2.05) is 31.0 Å². The van der Waals surface area contributed by atoms with Gasteiger partial charge < -0.3 is 10.6 Å². The van der Waals surface area contributed by atoms with Gasteiger partial charge in [-0.2, -0.15) is 0 Å². The molecule has 0 saturated heterocycles. The number of carbonyl (C=O) groups excluding carboxylic acids is 1. The number of pyridine rings is 1. The number of carbonyl (C=O) groups is 1. The Bertz CT molecular complexity index is 425. The van der Waals surface area contributed by atoms with Crippen LogP contribution < -0.4 is 10.6 Å². The molecule has 1 rings (SSSR count). The van der Waals surface area contributed by atoms with Crippen molar-refractivity contribution in [2.75, 3.05) is 32.5 Å². The van der Waals surface area contributed by atoms with E-state index in [1.54, 1.807) is 7.05 Å². The first kappa shape index (κ1) is 15.7. The summed E-state index contributed by atoms with van der Waals surface area (Å²) >= 11 is 6.13. The topological polar surface area (TPSA) is 57.3 Å². The second-order valence-corrected chi connectivity index (χ2v) is 4.72. The maximum Gasteiger partial charge on any atom is 0.221 e. The van der Waals surface area contributed by atoms with E-state index in [0.29, 0.717) is 24.5 Å². The molecule has 106 valence electrons. The van der Waals surface area contributed by atoms with Crippen LogP contribution in [0.3, 0.4) is 0 Å². The molecule has 0 aliphatic heterocycles. The van der Waals surface area contributed by atoms with Crippen LogP contribution >= 0.6 is 11.6 Å². The molecular formula is C13H21ClN4O. The first-order valence-electron chi connectivity index (χ1n) is 6.35. The quantitative estimate of drug-likeness (QED) is 0.801. The number of nitrogens with one attached hydrogen (secondary N) is 2. The van der Waals surface area contributed by atoms with E-state index in [-0.39, 0.29) is 5.91 Å². The van der Waals surface area contributed by atoms with Gasteiger partial charge in [0.1, 0.15) is 5.82 Å². The Kier molecular flexibility index (Phi) is 6.59. The first-order valence-corrected chi connectivity index (χ1v) is 6.73. The molecule has 1 amide bonds. The summed E-state index contributed by atoms with van der Waals surface area (Å²) in [5.74, 6) is 0.855. The van der Waals surface area contributed by atoms with Crippen LogP contribution in [0.5, 0.6) is 0 Å². The highest BCUT2D eigenvalue weighted by molar-refractivity contribution is 6.31. The molecule has 0 spiro atoms. The Morgan fingerprint density at radius 3 is 2.84 bits per heavy atom. The van der Waals surface area contributed by atoms with E-state index in [1.165, 1.54) is 0 Å². The molecule has 0 aliphatic carbocycles. The van der Waals surface area contributed by atoms with Crippen LogP contribution in [0.25, 0.3) is 0 Å². The minimum absolute atomic E-state index is 0.0345. The third-order valence-electron chi connectivity index (χ3n) is 2.70. The van der Waals surface area contributed by atoms with E-state index < -0.39 is 0 Å². The number of hydrogen-bond acceptors (Lipinski definition) is 4. The third-order valence-corrected chi connectivity index (χ3v) is 3.04. The molecule has 0 fully saturated rings. The average molecular weight is 285 g/mol. The standard InChI is InChI=1S/C13H21ClN4O/c1-4-16-12-6-5-10(14)11(17-12)9-18(3)8-7-13(19)15-2/h5-6H,4,7-9H2,1-3H3,(H,15,19)(H,16,17). The molecule has 6 heteroatoms. The van der Waals surface area contributed by atoms with E-state index in [9.17, 15) is 4.79 Å². The fraction of sp³-hybridized carbons (Fsp3) is 0.538. The monoisotopic (exact) mass is 284 g/mol. The molecule has 0 bridgehead atoms. The van der Waals surface area contributed by atoms with E-state index in [0.717, 1.165) is 18.1 Å². The number of anilines is 1. The van der Waals surface area contributed by atoms with E-state index in [4.69, 9.17) is 11.6 Å². The molecule has 5 nitrogen and oxygen atoms in total. The molecule has 0 aromatic carbocycles. The van der Waals surface area contributed by atoms with E-state index >= 15 is 0 Å². The highest BCUT2D eigenvalue weighted by Crippen LogP contribution is 2.18. The van der Waals surface area contributed by atoms with Crippen molar-refractivity contribution in [1.29, 1.82) is 0 Å². The second kappa shape index (κ2) is 7.96. The lowest BCUT2D eigenvalue weighted by Gasteiger charge is -2.17. The van der Waals surface area contributed by atoms with Crippen molar-refractivity contribution in [1.82, 2.24) is 15.2 Å². The lowest BCUT2D eigenvalue weighted by atomic mass is 10.3. The maximum absolute atomic E-state index is 11.2. The largest absolute Gasteiger partial charge is 0.370 e. The number of aromatic nitrogens is 1. The van der Waals surface area contributed by atoms with Crippen LogP contribution in [-0.4, -0.2) is 43.0 Å². The average Bonchev–Trinajstić information content (AvgIpc) is 2.40. The molecule has 0 aliphatic rings. The van der Waals surface area contributed by atoms with Crippen LogP contribution in [0.4, 0.5) is 5.82 Å². The number of rotatable bonds is 7. The molecule has 1 aromatic heterocycles. The molecule has 0 unspecified atom stereocenters. The van der Waals surface area contributed by atoms with Crippen LogP contribution in [0.1, 0.15) is 19.0 Å². The van der Waals surface area contributed by atoms with Crippen molar-refractivity contribution >= 4 is 23.3 Å². The van der Waals surface area contributed by atoms with Crippen molar-refractivity contribution in [3.63, 3.8) is 0 Å². The Morgan fingerprint density at radius 2 is 2.21 bits per heavy atom. The molecular weight excluding hydrogens is 264 g/mol. The Morgan fingerprint density at radius 1 is 1.47 bits per heavy atom. The lowest BCUT2D eigenvalue weighted by molar-refractivity contribution is -0.120. The summed E-state index contributed by atoms with van der Waals surface area (Å²) in [5, 5.41) is 6.41. The zero-order valence-electron chi connectivity index (χ0n) is 11.7. The molecule has 1 heterocycles. The van der Waals surface area contributed by atoms with Crippen LogP contribution in [-0.2, 0) is 11.3 Å². The number of halogens is 1. The first-order chi connectivity index (χ1) is 9.06. The number of hydrogen-bond donors (Lipinski definition) is 2. The molecule has 0 saturated carbocycles. The van der Waals surface area contributed by atoms with Gasteiger partial charge in [0, 0.05) is 33.1 Å². The predicted octanol–water partition coefficient (Wildman–Crippen LogP) is 1.73. The Balaban J connectivity index is 2.59. The number of amides is 1. The SMILES string of the molecule is CCNc1ccc(Cl)c(CN(C)CCC(=O)NC)n1. The smallest absolute Gasteiger partial charge is 0.221 e. The van der Waals surface area contributed by atoms with Gasteiger partial charge >= 0.3 is 0 Å². The summed E-state index contributed by atoms with van der Waals surface area (Å²) < 4.78 is 0. The molecule has 0 atom stereocenters. The predicted molar refractivity (Wildman–Crippen MR) is 78.4 cm³/mol. The minimum atomic E-state index is 0.0345. The zero-order chi connectivity index (χ0) is 14.3. The normalized spacial score (nSPS) is 10.6. The van der Waals surface area contributed by atoms with Gasteiger partial charge in [0.2, 0.25) is 5.91 Å². The van der Waals surface area contributed by atoms with Gasteiger partial charge in [0.15, 0.2) is 0 Å². The zero-order valence-corrected chi connectivity index (χ0v) is 12.4. The van der Waals surface area contributed by atoms with Crippen molar-refractivity contribution < 1.29 is 4.79 Å². The summed E-state index contributed by atoms with van der Waals surface area (Å²) in [7, 11) is 3.58. The van der Waals surface area contributed by atoms with Gasteiger partial charge in [0.25, 0.3) is 0 Å². The van der Waals surface area contributed by atoms with Gasteiger partial charge in [0.05, 0.1) is 10.7 Å². The summed E-state index contributed by atoms with van der Waals surface area (Å²) in [5.41, 5.74) is 0.819. The van der Waals surface area contributed by atoms with E-state index in [2.05, 4.69) is 15.6 Å². The Hall–Kier alpha value is -1.33. The van der Waals surface area contributed by atoms with Crippen LogP contribution in [0, 0.1) is 0 Å². The highest BCUT2D eigenvalue weighted by atomic mass is 35.5. The summed E-state index contributed by atoms with van der Waals surface area (Å²) in [6, 6.07) is 3.70. The van der Waals surface area contributed by atoms with Gasteiger partial charge in [-0.25, -0.2) is 4.98 Å². The van der Waals surface area contributed by atoms with Gasteiger partial charge in [-0.05, 0) is 26.1 Å². The summed E-state index contributed by atoms with van der Waals surface area (Å²) in [4.78, 5) is 17.7. The Labute approximate surface area is 119 Å². The molecule has 2 N–H and O–H groups in total. The van der Waals surface area contributed by atoms with Crippen LogP contribution in [0.15, 0.2) is 12.1 Å². The maximum atomic E-state index is 11.2. The highest BCUT2D eigenvalue weighted by Gasteiger charge is 2.08. The van der Waals surface area contributed by atoms with Gasteiger partial charge in [-0.15, -0.1) is 0 Å². The van der Waals surface area contributed by atoms with Crippen molar-refractivity contribution in [2.45, 2.75) is 19.9 Å². The lowest BCUT2D eigenvalue weighted by Crippen LogP contribution is -2.26. The molecule has 0 radical (unpaired) electrons. The van der Waals surface area contributed by atoms with Gasteiger partial charge in [-0.1, -0.05) is 11.6 Å². The fourth-order valence-electron chi connectivity index (χ4n) is 1.63. The third kappa shape index (κ3) is 5.44. The van der Waals surface area contributed by atoms with Gasteiger partial charge in [-0.3, -0.25) is 9.69 Å².